The van der Waals surface area contributed by atoms with Crippen molar-refractivity contribution in [2.24, 2.45) is 5.92 Å². The molecule has 0 aliphatic heterocycles. The summed E-state index contributed by atoms with van der Waals surface area (Å²) in [6.07, 6.45) is 3.22. The van der Waals surface area contributed by atoms with E-state index in [2.05, 4.69) is 17.2 Å². The van der Waals surface area contributed by atoms with Crippen LogP contribution in [0.3, 0.4) is 0 Å². The Balaban J connectivity index is 1.57. The van der Waals surface area contributed by atoms with Gasteiger partial charge in [0.1, 0.15) is 5.75 Å². The number of hydrogen-bond donors (Lipinski definition) is 1. The van der Waals surface area contributed by atoms with Crippen LogP contribution in [0.2, 0.25) is 5.02 Å². The molecule has 116 valence electrons. The highest BCUT2D eigenvalue weighted by Gasteiger charge is 2.20. The normalized spacial score (nSPS) is 16.9. The van der Waals surface area contributed by atoms with Gasteiger partial charge in [-0.2, -0.15) is 0 Å². The van der Waals surface area contributed by atoms with E-state index in [9.17, 15) is 4.79 Å². The van der Waals surface area contributed by atoms with Gasteiger partial charge in [0, 0.05) is 4.88 Å². The van der Waals surface area contributed by atoms with Gasteiger partial charge in [-0.05, 0) is 37.3 Å². The standard InChI is InChI=1S/C16H17ClN2O2S/c1-10-6-7-12-14(8-10)22-16(18-12)19-15(20)9-21-13-5-3-2-4-11(13)17/h2-5,10H,6-9H2,1H3,(H,18,19,20)/t10-/m1/s1. The van der Waals surface area contributed by atoms with E-state index in [1.54, 1.807) is 23.5 Å². The van der Waals surface area contributed by atoms with E-state index in [4.69, 9.17) is 16.3 Å². The van der Waals surface area contributed by atoms with E-state index in [0.29, 0.717) is 21.8 Å². The fraction of sp³-hybridized carbons (Fsp3) is 0.375. The van der Waals surface area contributed by atoms with Crippen molar-refractivity contribution in [1.82, 2.24) is 4.98 Å². The third-order valence-corrected chi connectivity index (χ3v) is 4.98. The van der Waals surface area contributed by atoms with E-state index < -0.39 is 0 Å². The first-order valence-electron chi connectivity index (χ1n) is 7.27. The molecule has 1 atom stereocenters. The van der Waals surface area contributed by atoms with Crippen molar-refractivity contribution in [1.29, 1.82) is 0 Å². The maximum atomic E-state index is 12.0. The molecule has 2 aromatic rings. The third-order valence-electron chi connectivity index (χ3n) is 3.63. The highest BCUT2D eigenvalue weighted by Crippen LogP contribution is 2.32. The van der Waals surface area contributed by atoms with Gasteiger partial charge >= 0.3 is 0 Å². The molecule has 6 heteroatoms. The first-order valence-corrected chi connectivity index (χ1v) is 8.47. The van der Waals surface area contributed by atoms with Crippen molar-refractivity contribution in [3.63, 3.8) is 0 Å². The Labute approximate surface area is 138 Å². The van der Waals surface area contributed by atoms with Crippen LogP contribution in [-0.2, 0) is 17.6 Å². The summed E-state index contributed by atoms with van der Waals surface area (Å²) in [6, 6.07) is 7.09. The zero-order chi connectivity index (χ0) is 15.5. The summed E-state index contributed by atoms with van der Waals surface area (Å²) >= 11 is 7.55. The minimum absolute atomic E-state index is 0.0790. The number of carbonyl (C=O) groups excluding carboxylic acids is 1. The average Bonchev–Trinajstić information content (AvgIpc) is 2.87. The minimum Gasteiger partial charge on any atom is -0.482 e. The maximum Gasteiger partial charge on any atom is 0.264 e. The lowest BCUT2D eigenvalue weighted by atomic mass is 9.93. The summed E-state index contributed by atoms with van der Waals surface area (Å²) in [5, 5.41) is 3.96. The molecule has 1 heterocycles. The van der Waals surface area contributed by atoms with E-state index in [1.165, 1.54) is 11.3 Å². The number of nitrogens with zero attached hydrogens (tertiary/aromatic N) is 1. The van der Waals surface area contributed by atoms with Crippen LogP contribution >= 0.6 is 22.9 Å². The second kappa shape index (κ2) is 6.67. The van der Waals surface area contributed by atoms with Crippen molar-refractivity contribution in [2.45, 2.75) is 26.2 Å². The zero-order valence-electron chi connectivity index (χ0n) is 12.3. The van der Waals surface area contributed by atoms with Crippen LogP contribution in [0.25, 0.3) is 0 Å². The quantitative estimate of drug-likeness (QED) is 0.920. The van der Waals surface area contributed by atoms with E-state index in [1.807, 2.05) is 12.1 Å². The number of rotatable bonds is 4. The predicted molar refractivity (Wildman–Crippen MR) is 88.9 cm³/mol. The van der Waals surface area contributed by atoms with Gasteiger partial charge in [0.15, 0.2) is 11.7 Å². The minimum atomic E-state index is -0.223. The molecule has 1 aromatic heterocycles. The molecule has 0 radical (unpaired) electrons. The summed E-state index contributed by atoms with van der Waals surface area (Å²) in [7, 11) is 0. The SMILES string of the molecule is C[C@@H]1CCc2nc(NC(=O)COc3ccccc3Cl)sc2C1. The van der Waals surface area contributed by atoms with E-state index in [0.717, 1.165) is 18.5 Å². The summed E-state index contributed by atoms with van der Waals surface area (Å²) in [5.74, 6) is 0.977. The third kappa shape index (κ3) is 3.59. The Morgan fingerprint density at radius 3 is 3.14 bits per heavy atom. The number of hydrogen-bond acceptors (Lipinski definition) is 4. The molecule has 1 amide bonds. The van der Waals surface area contributed by atoms with Crippen molar-refractivity contribution >= 4 is 34.0 Å². The first-order chi connectivity index (χ1) is 10.6. The number of benzene rings is 1. The summed E-state index contributed by atoms with van der Waals surface area (Å²) < 4.78 is 5.42. The Hall–Kier alpha value is -1.59. The van der Waals surface area contributed by atoms with E-state index in [-0.39, 0.29) is 12.5 Å². The van der Waals surface area contributed by atoms with Gasteiger partial charge in [0.25, 0.3) is 5.91 Å². The molecule has 1 aliphatic rings. The number of ether oxygens (including phenoxy) is 1. The van der Waals surface area contributed by atoms with Crippen LogP contribution in [0.1, 0.15) is 23.9 Å². The second-order valence-corrected chi connectivity index (χ2v) is 6.99. The van der Waals surface area contributed by atoms with Gasteiger partial charge in [-0.25, -0.2) is 4.98 Å². The molecule has 0 spiro atoms. The van der Waals surface area contributed by atoms with Gasteiger partial charge < -0.3 is 4.74 Å². The lowest BCUT2D eigenvalue weighted by molar-refractivity contribution is -0.118. The van der Waals surface area contributed by atoms with Crippen LogP contribution in [0.4, 0.5) is 5.13 Å². The number of amides is 1. The number of thiazole rings is 1. The maximum absolute atomic E-state index is 12.0. The zero-order valence-corrected chi connectivity index (χ0v) is 13.8. The highest BCUT2D eigenvalue weighted by molar-refractivity contribution is 7.15. The van der Waals surface area contributed by atoms with Crippen LogP contribution < -0.4 is 10.1 Å². The number of aromatic nitrogens is 1. The van der Waals surface area contributed by atoms with Crippen molar-refractivity contribution in [2.75, 3.05) is 11.9 Å². The van der Waals surface area contributed by atoms with Crippen molar-refractivity contribution in [3.8, 4) is 5.75 Å². The van der Waals surface area contributed by atoms with Crippen LogP contribution in [0.5, 0.6) is 5.75 Å². The number of nitrogens with one attached hydrogen (secondary N) is 1. The van der Waals surface area contributed by atoms with Gasteiger partial charge in [-0.1, -0.05) is 30.7 Å². The monoisotopic (exact) mass is 336 g/mol. The molecule has 1 aliphatic carbocycles. The molecule has 22 heavy (non-hydrogen) atoms. The van der Waals surface area contributed by atoms with Crippen LogP contribution in [0.15, 0.2) is 24.3 Å². The first kappa shape index (κ1) is 15.3. The van der Waals surface area contributed by atoms with Gasteiger partial charge in [0.05, 0.1) is 10.7 Å². The molecule has 0 bridgehead atoms. The molecule has 0 saturated carbocycles. The molecule has 0 fully saturated rings. The Morgan fingerprint density at radius 2 is 2.32 bits per heavy atom. The number of halogens is 1. The average molecular weight is 337 g/mol. The largest absolute Gasteiger partial charge is 0.482 e. The van der Waals surface area contributed by atoms with Gasteiger partial charge in [-0.15, -0.1) is 11.3 Å². The number of aryl methyl sites for hydroxylation is 1. The van der Waals surface area contributed by atoms with Gasteiger partial charge in [-0.3, -0.25) is 10.1 Å². The summed E-state index contributed by atoms with van der Waals surface area (Å²) in [6.45, 7) is 2.17. The second-order valence-electron chi connectivity index (χ2n) is 5.50. The number of anilines is 1. The number of fused-ring (bicyclic) bond motifs is 1. The van der Waals surface area contributed by atoms with E-state index >= 15 is 0 Å². The molecule has 1 N–H and O–H groups in total. The predicted octanol–water partition coefficient (Wildman–Crippen LogP) is 3.94. The Kier molecular flexibility index (Phi) is 4.64. The lowest BCUT2D eigenvalue weighted by Crippen LogP contribution is -2.20. The molecule has 3 rings (SSSR count). The van der Waals surface area contributed by atoms with Crippen LogP contribution in [0, 0.1) is 5.92 Å². The van der Waals surface area contributed by atoms with Crippen molar-refractivity contribution in [3.05, 3.63) is 39.9 Å². The summed E-state index contributed by atoms with van der Waals surface area (Å²) in [4.78, 5) is 17.8. The molecular formula is C16H17ClN2O2S. The molecular weight excluding hydrogens is 320 g/mol. The summed E-state index contributed by atoms with van der Waals surface area (Å²) in [5.41, 5.74) is 1.13. The highest BCUT2D eigenvalue weighted by atomic mass is 35.5. The van der Waals surface area contributed by atoms with Crippen LogP contribution in [-0.4, -0.2) is 17.5 Å². The number of carbonyl (C=O) groups is 1. The smallest absolute Gasteiger partial charge is 0.264 e. The molecule has 0 saturated heterocycles. The molecule has 0 unspecified atom stereocenters. The molecule has 4 nitrogen and oxygen atoms in total. The Bertz CT molecular complexity index is 687. The molecule has 1 aromatic carbocycles. The Morgan fingerprint density at radius 1 is 1.50 bits per heavy atom. The van der Waals surface area contributed by atoms with Gasteiger partial charge in [0.2, 0.25) is 0 Å². The number of para-hydroxylation sites is 1. The fourth-order valence-electron chi connectivity index (χ4n) is 2.45. The topological polar surface area (TPSA) is 51.2 Å². The fourth-order valence-corrected chi connectivity index (χ4v) is 3.83. The lowest BCUT2D eigenvalue weighted by Gasteiger charge is -2.15. The van der Waals surface area contributed by atoms with Crippen molar-refractivity contribution < 1.29 is 9.53 Å².